The number of terminal acetylenes is 1. The Kier molecular flexibility index (Phi) is 6.37. The Morgan fingerprint density at radius 1 is 1.00 bits per heavy atom. The Morgan fingerprint density at radius 3 is 2.53 bits per heavy atom. The van der Waals surface area contributed by atoms with Gasteiger partial charge in [0.25, 0.3) is 5.56 Å². The van der Waals surface area contributed by atoms with E-state index in [9.17, 15) is 4.79 Å². The van der Waals surface area contributed by atoms with Gasteiger partial charge in [0.15, 0.2) is 0 Å². The van der Waals surface area contributed by atoms with Crippen LogP contribution in [0.2, 0.25) is 5.02 Å². The van der Waals surface area contributed by atoms with Crippen molar-refractivity contribution in [2.75, 3.05) is 4.90 Å². The molecule has 0 saturated carbocycles. The quantitative estimate of drug-likeness (QED) is 0.282. The molecule has 5 rings (SSSR count). The van der Waals surface area contributed by atoms with E-state index < -0.39 is 0 Å². The first-order valence-corrected chi connectivity index (χ1v) is 12.0. The molecule has 5 aromatic rings. The maximum absolute atomic E-state index is 12.8. The molecule has 0 fully saturated rings. The summed E-state index contributed by atoms with van der Waals surface area (Å²) in [7, 11) is 3.80. The number of anilines is 1. The molecule has 0 amide bonds. The highest BCUT2D eigenvalue weighted by atomic mass is 35.5. The van der Waals surface area contributed by atoms with Gasteiger partial charge in [0.1, 0.15) is 0 Å². The molecule has 6 heteroatoms. The van der Waals surface area contributed by atoms with Gasteiger partial charge in [0, 0.05) is 54.6 Å². The third kappa shape index (κ3) is 4.64. The summed E-state index contributed by atoms with van der Waals surface area (Å²) in [6.45, 7) is 1.34. The fourth-order valence-corrected chi connectivity index (χ4v) is 4.59. The highest BCUT2D eigenvalue weighted by Gasteiger charge is 2.14. The van der Waals surface area contributed by atoms with E-state index in [-0.39, 0.29) is 5.56 Å². The van der Waals surface area contributed by atoms with Crippen LogP contribution >= 0.6 is 11.6 Å². The molecule has 0 aliphatic carbocycles. The monoisotopic (exact) mass is 492 g/mol. The minimum Gasteiger partial charge on any atom is -0.361 e. The largest absolute Gasteiger partial charge is 0.361 e. The molecule has 36 heavy (non-hydrogen) atoms. The van der Waals surface area contributed by atoms with E-state index in [1.165, 1.54) is 0 Å². The van der Waals surface area contributed by atoms with E-state index in [1.807, 2.05) is 78.7 Å². The van der Waals surface area contributed by atoms with E-state index in [0.717, 1.165) is 44.5 Å². The van der Waals surface area contributed by atoms with Gasteiger partial charge in [-0.3, -0.25) is 4.79 Å². The Labute approximate surface area is 215 Å². The van der Waals surface area contributed by atoms with Gasteiger partial charge in [-0.05, 0) is 65.2 Å². The first kappa shape index (κ1) is 23.5. The number of fused-ring (bicyclic) bond motifs is 1. The van der Waals surface area contributed by atoms with Gasteiger partial charge < -0.3 is 14.0 Å². The number of rotatable bonds is 6. The summed E-state index contributed by atoms with van der Waals surface area (Å²) in [6.07, 6.45) is 9.33. The average Bonchev–Trinajstić information content (AvgIpc) is 3.30. The fourth-order valence-electron chi connectivity index (χ4n) is 4.47. The van der Waals surface area contributed by atoms with Crippen molar-refractivity contribution in [2.45, 2.75) is 13.1 Å². The van der Waals surface area contributed by atoms with Crippen LogP contribution in [0.5, 0.6) is 0 Å². The second-order valence-electron chi connectivity index (χ2n) is 8.86. The predicted octanol–water partition coefficient (Wildman–Crippen LogP) is 5.78. The number of imidazole rings is 1. The van der Waals surface area contributed by atoms with Gasteiger partial charge in [0.2, 0.25) is 0 Å². The zero-order valence-electron chi connectivity index (χ0n) is 20.1. The standard InChI is InChI=1S/C30H25ClN4O/c1-4-21-6-5-7-23(14-21)27-16-30(36)34(3)29-13-8-22(15-28(27)29)18-35(19-26-17-32-20-33(26)2)25-11-9-24(31)10-12-25/h1,5-17,20H,18-19H2,2-3H3. The molecule has 0 aliphatic rings. The van der Waals surface area contributed by atoms with Crippen molar-refractivity contribution in [3.63, 3.8) is 0 Å². The Morgan fingerprint density at radius 2 is 1.81 bits per heavy atom. The van der Waals surface area contributed by atoms with E-state index in [0.29, 0.717) is 18.1 Å². The summed E-state index contributed by atoms with van der Waals surface area (Å²) in [5.41, 5.74) is 6.66. The van der Waals surface area contributed by atoms with Gasteiger partial charge in [0.05, 0.1) is 24.1 Å². The molecule has 0 saturated heterocycles. The Bertz CT molecular complexity index is 1660. The lowest BCUT2D eigenvalue weighted by Gasteiger charge is -2.25. The van der Waals surface area contributed by atoms with Crippen molar-refractivity contribution in [2.24, 2.45) is 14.1 Å². The van der Waals surface area contributed by atoms with E-state index >= 15 is 0 Å². The highest BCUT2D eigenvalue weighted by molar-refractivity contribution is 6.30. The maximum Gasteiger partial charge on any atom is 0.251 e. The molecule has 5 nitrogen and oxygen atoms in total. The van der Waals surface area contributed by atoms with Crippen molar-refractivity contribution in [1.82, 2.24) is 14.1 Å². The number of aryl methyl sites for hydroxylation is 2. The molecule has 2 aromatic heterocycles. The lowest BCUT2D eigenvalue weighted by atomic mass is 9.98. The number of hydrogen-bond acceptors (Lipinski definition) is 3. The molecular formula is C30H25ClN4O. The van der Waals surface area contributed by atoms with Crippen molar-refractivity contribution < 1.29 is 0 Å². The molecule has 0 unspecified atom stereocenters. The number of aromatic nitrogens is 3. The van der Waals surface area contributed by atoms with Crippen molar-refractivity contribution >= 4 is 28.2 Å². The fraction of sp³-hybridized carbons (Fsp3) is 0.133. The van der Waals surface area contributed by atoms with Crippen LogP contribution in [0.25, 0.3) is 22.0 Å². The van der Waals surface area contributed by atoms with E-state index in [1.54, 1.807) is 17.7 Å². The van der Waals surface area contributed by atoms with Crippen LogP contribution in [0.15, 0.2) is 90.1 Å². The van der Waals surface area contributed by atoms with Gasteiger partial charge in [-0.1, -0.05) is 35.7 Å². The van der Waals surface area contributed by atoms with Crippen LogP contribution in [0, 0.1) is 12.3 Å². The van der Waals surface area contributed by atoms with Crippen molar-refractivity contribution in [1.29, 1.82) is 0 Å². The van der Waals surface area contributed by atoms with Crippen molar-refractivity contribution in [3.05, 3.63) is 118 Å². The molecule has 3 aromatic carbocycles. The molecule has 0 spiro atoms. The van der Waals surface area contributed by atoms with Crippen LogP contribution in [-0.2, 0) is 27.2 Å². The summed E-state index contributed by atoms with van der Waals surface area (Å²) in [4.78, 5) is 19.3. The Hall–Kier alpha value is -4.27. The second-order valence-corrected chi connectivity index (χ2v) is 9.30. The highest BCUT2D eigenvalue weighted by Crippen LogP contribution is 2.30. The number of pyridine rings is 1. The van der Waals surface area contributed by atoms with Gasteiger partial charge in [-0.15, -0.1) is 6.42 Å². The third-order valence-electron chi connectivity index (χ3n) is 6.49. The molecule has 0 bridgehead atoms. The second kappa shape index (κ2) is 9.77. The van der Waals surface area contributed by atoms with Crippen LogP contribution in [0.3, 0.4) is 0 Å². The van der Waals surface area contributed by atoms with Gasteiger partial charge in [-0.25, -0.2) is 4.98 Å². The van der Waals surface area contributed by atoms with Crippen LogP contribution in [0.4, 0.5) is 5.69 Å². The Balaban J connectivity index is 1.60. The molecule has 0 atom stereocenters. The summed E-state index contributed by atoms with van der Waals surface area (Å²) in [5.74, 6) is 2.69. The van der Waals surface area contributed by atoms with Crippen LogP contribution in [-0.4, -0.2) is 14.1 Å². The normalized spacial score (nSPS) is 10.9. The van der Waals surface area contributed by atoms with Crippen molar-refractivity contribution in [3.8, 4) is 23.5 Å². The number of benzene rings is 3. The topological polar surface area (TPSA) is 43.1 Å². The summed E-state index contributed by atoms with van der Waals surface area (Å²) >= 11 is 6.16. The van der Waals surface area contributed by atoms with E-state index in [4.69, 9.17) is 18.0 Å². The van der Waals surface area contributed by atoms with Gasteiger partial charge in [-0.2, -0.15) is 0 Å². The molecule has 178 valence electrons. The van der Waals surface area contributed by atoms with Crippen LogP contribution in [0.1, 0.15) is 16.8 Å². The smallest absolute Gasteiger partial charge is 0.251 e. The summed E-state index contributed by atoms with van der Waals surface area (Å²) < 4.78 is 3.70. The van der Waals surface area contributed by atoms with E-state index in [2.05, 4.69) is 27.9 Å². The first-order chi connectivity index (χ1) is 17.4. The average molecular weight is 493 g/mol. The lowest BCUT2D eigenvalue weighted by molar-refractivity contribution is 0.736. The molecule has 0 N–H and O–H groups in total. The maximum atomic E-state index is 12.8. The number of halogens is 1. The minimum absolute atomic E-state index is 0.0599. The molecule has 0 radical (unpaired) electrons. The first-order valence-electron chi connectivity index (χ1n) is 11.6. The SMILES string of the molecule is C#Cc1cccc(-c2cc(=O)n(C)c3ccc(CN(Cc4cncn4C)c4ccc(Cl)cc4)cc23)c1. The molecular weight excluding hydrogens is 468 g/mol. The number of hydrogen-bond donors (Lipinski definition) is 0. The van der Waals surface area contributed by atoms with Crippen LogP contribution < -0.4 is 10.5 Å². The molecule has 2 heterocycles. The molecule has 0 aliphatic heterocycles. The zero-order valence-corrected chi connectivity index (χ0v) is 20.9. The summed E-state index contributed by atoms with van der Waals surface area (Å²) in [5, 5.41) is 1.70. The minimum atomic E-state index is -0.0599. The third-order valence-corrected chi connectivity index (χ3v) is 6.74. The van der Waals surface area contributed by atoms with Gasteiger partial charge >= 0.3 is 0 Å². The summed E-state index contributed by atoms with van der Waals surface area (Å²) in [6, 6.07) is 23.6. The predicted molar refractivity (Wildman–Crippen MR) is 147 cm³/mol. The number of nitrogens with zero attached hydrogens (tertiary/aromatic N) is 4. The lowest BCUT2D eigenvalue weighted by Crippen LogP contribution is -2.23. The zero-order chi connectivity index (χ0) is 25.2.